The van der Waals surface area contributed by atoms with E-state index in [9.17, 15) is 4.79 Å². The molecule has 0 radical (unpaired) electrons. The first-order chi connectivity index (χ1) is 7.68. The number of aromatic nitrogens is 1. The Morgan fingerprint density at radius 1 is 1.62 bits per heavy atom. The second-order valence-corrected chi connectivity index (χ2v) is 5.59. The van der Waals surface area contributed by atoms with Gasteiger partial charge in [-0.25, -0.2) is 4.98 Å². The average Bonchev–Trinajstić information content (AvgIpc) is 2.81. The Hall–Kier alpha value is -0.610. The summed E-state index contributed by atoms with van der Waals surface area (Å²) in [6, 6.07) is 0. The van der Waals surface area contributed by atoms with Crippen LogP contribution in [-0.4, -0.2) is 34.3 Å². The highest BCUT2D eigenvalue weighted by atomic mass is 35.5. The Morgan fingerprint density at radius 3 is 2.81 bits per heavy atom. The van der Waals surface area contributed by atoms with Crippen molar-refractivity contribution in [2.24, 2.45) is 5.92 Å². The van der Waals surface area contributed by atoms with Crippen LogP contribution < -0.4 is 0 Å². The Labute approximate surface area is 104 Å². The van der Waals surface area contributed by atoms with Gasteiger partial charge in [0.2, 0.25) is 0 Å². The normalized spacial score (nSPS) is 19.8. The van der Waals surface area contributed by atoms with Crippen LogP contribution in [0, 0.1) is 5.92 Å². The summed E-state index contributed by atoms with van der Waals surface area (Å²) in [5.41, 5.74) is 2.27. The lowest BCUT2D eigenvalue weighted by molar-refractivity contribution is 0.0685. The fourth-order valence-corrected chi connectivity index (χ4v) is 2.82. The fraction of sp³-hybridized carbons (Fsp3) is 0.636. The number of alkyl halides is 1. The summed E-state index contributed by atoms with van der Waals surface area (Å²) in [6.45, 7) is 3.64. The van der Waals surface area contributed by atoms with Crippen LogP contribution >= 0.6 is 22.9 Å². The Morgan fingerprint density at radius 2 is 2.31 bits per heavy atom. The van der Waals surface area contributed by atoms with E-state index in [4.69, 9.17) is 11.6 Å². The van der Waals surface area contributed by atoms with Gasteiger partial charge in [0.05, 0.1) is 5.51 Å². The van der Waals surface area contributed by atoms with Crippen LogP contribution in [0.3, 0.4) is 0 Å². The van der Waals surface area contributed by atoms with Gasteiger partial charge in [-0.05, 0) is 25.7 Å². The third-order valence-electron chi connectivity index (χ3n) is 3.13. The topological polar surface area (TPSA) is 33.2 Å². The maximum Gasteiger partial charge on any atom is 0.273 e. The molecule has 5 heteroatoms. The summed E-state index contributed by atoms with van der Waals surface area (Å²) >= 11 is 7.53. The number of rotatable bonds is 2. The fourth-order valence-electron chi connectivity index (χ4n) is 2.04. The smallest absolute Gasteiger partial charge is 0.273 e. The molecule has 16 heavy (non-hydrogen) atoms. The molecular formula is C11H15ClN2OS. The van der Waals surface area contributed by atoms with E-state index < -0.39 is 0 Å². The SMILES string of the molecule is CC(Cl)C1CCN(C(=O)c2cscn2)CC1. The Kier molecular flexibility index (Phi) is 3.82. The van der Waals surface area contributed by atoms with Crippen molar-refractivity contribution in [3.8, 4) is 0 Å². The molecule has 0 N–H and O–H groups in total. The van der Waals surface area contributed by atoms with Crippen LogP contribution in [-0.2, 0) is 0 Å². The standard InChI is InChI=1S/C11H15ClN2OS/c1-8(12)9-2-4-14(5-3-9)11(15)10-6-16-7-13-10/h6-9H,2-5H2,1H3. The molecule has 1 amide bonds. The number of nitrogens with zero attached hydrogens (tertiary/aromatic N) is 2. The molecule has 2 heterocycles. The molecule has 0 bridgehead atoms. The van der Waals surface area contributed by atoms with Gasteiger partial charge in [0.1, 0.15) is 5.69 Å². The number of halogens is 1. The van der Waals surface area contributed by atoms with E-state index in [0.29, 0.717) is 11.6 Å². The van der Waals surface area contributed by atoms with Gasteiger partial charge in [-0.15, -0.1) is 22.9 Å². The summed E-state index contributed by atoms with van der Waals surface area (Å²) < 4.78 is 0. The molecule has 3 nitrogen and oxygen atoms in total. The van der Waals surface area contributed by atoms with Crippen LogP contribution in [0.4, 0.5) is 0 Å². The minimum Gasteiger partial charge on any atom is -0.337 e. The van der Waals surface area contributed by atoms with Crippen LogP contribution in [0.5, 0.6) is 0 Å². The minimum atomic E-state index is 0.0573. The van der Waals surface area contributed by atoms with Crippen molar-refractivity contribution in [1.29, 1.82) is 0 Å². The van der Waals surface area contributed by atoms with Crippen molar-refractivity contribution in [2.75, 3.05) is 13.1 Å². The number of carbonyl (C=O) groups is 1. The summed E-state index contributed by atoms with van der Waals surface area (Å²) in [6.07, 6.45) is 2.00. The second kappa shape index (κ2) is 5.15. The summed E-state index contributed by atoms with van der Waals surface area (Å²) in [5.74, 6) is 0.600. The summed E-state index contributed by atoms with van der Waals surface area (Å²) in [4.78, 5) is 17.9. The highest BCUT2D eigenvalue weighted by Gasteiger charge is 2.26. The monoisotopic (exact) mass is 258 g/mol. The number of likely N-dealkylation sites (tertiary alicyclic amines) is 1. The van der Waals surface area contributed by atoms with Gasteiger partial charge in [0, 0.05) is 23.8 Å². The molecule has 0 saturated carbocycles. The van der Waals surface area contributed by atoms with E-state index in [1.54, 1.807) is 10.9 Å². The molecule has 0 aliphatic carbocycles. The number of carbonyl (C=O) groups excluding carboxylic acids is 1. The zero-order valence-electron chi connectivity index (χ0n) is 9.23. The Balaban J connectivity index is 1.92. The molecule has 1 aromatic heterocycles. The number of piperidine rings is 1. The van der Waals surface area contributed by atoms with Gasteiger partial charge in [0.25, 0.3) is 5.91 Å². The first-order valence-corrected chi connectivity index (χ1v) is 6.88. The average molecular weight is 259 g/mol. The van der Waals surface area contributed by atoms with E-state index in [-0.39, 0.29) is 11.3 Å². The van der Waals surface area contributed by atoms with Gasteiger partial charge < -0.3 is 4.90 Å². The van der Waals surface area contributed by atoms with Gasteiger partial charge in [-0.3, -0.25) is 4.79 Å². The lowest BCUT2D eigenvalue weighted by Gasteiger charge is -2.32. The van der Waals surface area contributed by atoms with E-state index in [2.05, 4.69) is 4.98 Å². The molecule has 1 aliphatic heterocycles. The zero-order chi connectivity index (χ0) is 11.5. The second-order valence-electron chi connectivity index (χ2n) is 4.18. The van der Waals surface area contributed by atoms with Crippen molar-refractivity contribution < 1.29 is 4.79 Å². The molecule has 2 rings (SSSR count). The van der Waals surface area contributed by atoms with Crippen LogP contribution in [0.15, 0.2) is 10.9 Å². The number of hydrogen-bond donors (Lipinski definition) is 0. The molecule has 1 unspecified atom stereocenters. The maximum atomic E-state index is 12.0. The molecular weight excluding hydrogens is 244 g/mol. The first-order valence-electron chi connectivity index (χ1n) is 5.50. The van der Waals surface area contributed by atoms with Crippen LogP contribution in [0.2, 0.25) is 0 Å². The summed E-state index contributed by atoms with van der Waals surface area (Å²) in [7, 11) is 0. The van der Waals surface area contributed by atoms with Crippen molar-refractivity contribution in [3.63, 3.8) is 0 Å². The molecule has 0 spiro atoms. The molecule has 0 aromatic carbocycles. The van der Waals surface area contributed by atoms with Crippen molar-refractivity contribution in [1.82, 2.24) is 9.88 Å². The molecule has 1 saturated heterocycles. The lowest BCUT2D eigenvalue weighted by Crippen LogP contribution is -2.40. The van der Waals surface area contributed by atoms with Crippen molar-refractivity contribution in [2.45, 2.75) is 25.1 Å². The van der Waals surface area contributed by atoms with Gasteiger partial charge in [0.15, 0.2) is 0 Å². The van der Waals surface area contributed by atoms with Gasteiger partial charge >= 0.3 is 0 Å². The number of amides is 1. The highest BCUT2D eigenvalue weighted by molar-refractivity contribution is 7.07. The molecule has 1 fully saturated rings. The summed E-state index contributed by atoms with van der Waals surface area (Å²) in [5, 5.41) is 2.01. The van der Waals surface area contributed by atoms with E-state index in [1.807, 2.05) is 11.8 Å². The van der Waals surface area contributed by atoms with Crippen molar-refractivity contribution >= 4 is 28.8 Å². The molecule has 1 aromatic rings. The molecule has 88 valence electrons. The van der Waals surface area contributed by atoms with E-state index in [1.165, 1.54) is 11.3 Å². The molecule has 1 aliphatic rings. The van der Waals surface area contributed by atoms with Crippen LogP contribution in [0.1, 0.15) is 30.3 Å². The van der Waals surface area contributed by atoms with E-state index in [0.717, 1.165) is 25.9 Å². The lowest BCUT2D eigenvalue weighted by atomic mass is 9.94. The Bertz CT molecular complexity index is 345. The first kappa shape index (κ1) is 11.9. The minimum absolute atomic E-state index is 0.0573. The third-order valence-corrected chi connectivity index (χ3v) is 4.07. The van der Waals surface area contributed by atoms with Crippen molar-refractivity contribution in [3.05, 3.63) is 16.6 Å². The quantitative estimate of drug-likeness (QED) is 0.764. The zero-order valence-corrected chi connectivity index (χ0v) is 10.8. The van der Waals surface area contributed by atoms with Gasteiger partial charge in [-0.1, -0.05) is 0 Å². The largest absolute Gasteiger partial charge is 0.337 e. The maximum absolute atomic E-state index is 12.0. The number of hydrogen-bond acceptors (Lipinski definition) is 3. The predicted molar refractivity (Wildman–Crippen MR) is 66.1 cm³/mol. The van der Waals surface area contributed by atoms with Crippen LogP contribution in [0.25, 0.3) is 0 Å². The van der Waals surface area contributed by atoms with Gasteiger partial charge in [-0.2, -0.15) is 0 Å². The number of thiazole rings is 1. The predicted octanol–water partition coefficient (Wildman–Crippen LogP) is 2.62. The molecule has 1 atom stereocenters. The highest BCUT2D eigenvalue weighted by Crippen LogP contribution is 2.24. The van der Waals surface area contributed by atoms with E-state index >= 15 is 0 Å². The third kappa shape index (κ3) is 2.55.